The van der Waals surface area contributed by atoms with Crippen LogP contribution in [0.3, 0.4) is 0 Å². The average molecular weight is 217 g/mol. The Morgan fingerprint density at radius 3 is 3.67 bits per heavy atom. The second kappa shape index (κ2) is 4.04. The Balaban J connectivity index is 2.49. The van der Waals surface area contributed by atoms with E-state index in [0.29, 0.717) is 4.57 Å². The van der Waals surface area contributed by atoms with Crippen LogP contribution in [0.25, 0.3) is 0 Å². The molecule has 0 radical (unpaired) electrons. The maximum atomic E-state index is 11.9. The van der Waals surface area contributed by atoms with E-state index in [4.69, 9.17) is 17.1 Å². The van der Waals surface area contributed by atoms with Crippen molar-refractivity contribution in [3.05, 3.63) is 18.2 Å². The SMILES string of the molecule is [2H]C([2H])([2H])C[C@]1([2H])C(=O)OC[C@@H]1C([2H])([2H])c1cncn1C([2H])([2H])[2H]. The lowest BCUT2D eigenvalue weighted by atomic mass is 9.89. The molecule has 1 aromatic heterocycles. The third-order valence-corrected chi connectivity index (χ3v) is 2.21. The molecule has 82 valence electrons. The van der Waals surface area contributed by atoms with Crippen LogP contribution in [0.2, 0.25) is 0 Å². The van der Waals surface area contributed by atoms with Crippen LogP contribution < -0.4 is 0 Å². The third-order valence-electron chi connectivity index (χ3n) is 2.21. The summed E-state index contributed by atoms with van der Waals surface area (Å²) >= 11 is 0. The summed E-state index contributed by atoms with van der Waals surface area (Å²) in [5, 5.41) is 0. The van der Waals surface area contributed by atoms with Gasteiger partial charge in [0, 0.05) is 37.1 Å². The highest BCUT2D eigenvalue weighted by Gasteiger charge is 2.35. The fourth-order valence-corrected chi connectivity index (χ4v) is 1.40. The summed E-state index contributed by atoms with van der Waals surface area (Å²) in [5.41, 5.74) is -0.368. The summed E-state index contributed by atoms with van der Waals surface area (Å²) in [7, 11) is 0. The zero-order chi connectivity index (χ0) is 18.6. The van der Waals surface area contributed by atoms with Gasteiger partial charge < -0.3 is 9.30 Å². The zero-order valence-electron chi connectivity index (χ0n) is 16.9. The Morgan fingerprint density at radius 1 is 1.93 bits per heavy atom. The molecule has 0 amide bonds. The van der Waals surface area contributed by atoms with E-state index < -0.39 is 51.0 Å². The normalized spacial score (nSPS) is 42.0. The van der Waals surface area contributed by atoms with Gasteiger partial charge >= 0.3 is 5.97 Å². The Hall–Kier alpha value is -1.32. The van der Waals surface area contributed by atoms with Crippen molar-refractivity contribution in [3.8, 4) is 0 Å². The minimum Gasteiger partial charge on any atom is -0.465 e. The molecule has 0 aliphatic carbocycles. The third kappa shape index (κ3) is 1.89. The largest absolute Gasteiger partial charge is 0.465 e. The number of nitrogens with zero attached hydrogens (tertiary/aromatic N) is 2. The molecule has 1 aliphatic rings. The highest BCUT2D eigenvalue weighted by atomic mass is 16.5. The van der Waals surface area contributed by atoms with Crippen LogP contribution in [0.15, 0.2) is 12.5 Å². The van der Waals surface area contributed by atoms with Crippen molar-refractivity contribution >= 4 is 5.97 Å². The summed E-state index contributed by atoms with van der Waals surface area (Å²) < 4.78 is 74.3. The van der Waals surface area contributed by atoms with Gasteiger partial charge in [-0.05, 0) is 12.8 Å². The van der Waals surface area contributed by atoms with Crippen LogP contribution in [0, 0.1) is 11.8 Å². The maximum absolute atomic E-state index is 11.9. The molecule has 2 heterocycles. The monoisotopic (exact) mass is 217 g/mol. The number of ether oxygens (including phenoxy) is 1. The second-order valence-electron chi connectivity index (χ2n) is 3.15. The van der Waals surface area contributed by atoms with Crippen LogP contribution in [-0.2, 0) is 22.9 Å². The van der Waals surface area contributed by atoms with Crippen molar-refractivity contribution in [2.75, 3.05) is 6.61 Å². The molecule has 0 spiro atoms. The number of cyclic esters (lactones) is 1. The molecule has 4 nitrogen and oxygen atoms in total. The van der Waals surface area contributed by atoms with Crippen LogP contribution in [-0.4, -0.2) is 22.1 Å². The molecule has 0 bridgehead atoms. The van der Waals surface area contributed by atoms with Crippen LogP contribution >= 0.6 is 0 Å². The lowest BCUT2D eigenvalue weighted by Gasteiger charge is -2.12. The molecule has 0 N–H and O–H groups in total. The topological polar surface area (TPSA) is 44.1 Å². The molecule has 15 heavy (non-hydrogen) atoms. The number of hydrogen-bond donors (Lipinski definition) is 0. The summed E-state index contributed by atoms with van der Waals surface area (Å²) in [6.45, 7) is -5.88. The molecule has 0 unspecified atom stereocenters. The molecule has 1 aliphatic heterocycles. The number of esters is 1. The lowest BCUT2D eigenvalue weighted by Crippen LogP contribution is -2.18. The van der Waals surface area contributed by atoms with E-state index in [1.54, 1.807) is 0 Å². The lowest BCUT2D eigenvalue weighted by molar-refractivity contribution is -0.141. The van der Waals surface area contributed by atoms with Gasteiger partial charge in [0.15, 0.2) is 0 Å². The first kappa shape index (κ1) is 3.92. The Labute approximate surface area is 102 Å². The van der Waals surface area contributed by atoms with Gasteiger partial charge in [-0.25, -0.2) is 4.98 Å². The standard InChI is InChI=1S/C11H16N2O2/c1-3-10-8(6-15-11(10)14)4-9-5-12-7-13(9)2/h5,7-8,10H,3-4,6H2,1-2H3/t8-,10-/m0/s1/i1D3,2D3,4D2,10D. The predicted molar refractivity (Wildman–Crippen MR) is 55.1 cm³/mol. The number of aryl methyl sites for hydroxylation is 1. The van der Waals surface area contributed by atoms with Crippen molar-refractivity contribution in [2.45, 2.75) is 19.6 Å². The fourth-order valence-electron chi connectivity index (χ4n) is 1.40. The summed E-state index contributed by atoms with van der Waals surface area (Å²) in [4.78, 5) is 15.6. The second-order valence-corrected chi connectivity index (χ2v) is 3.15. The first-order valence-corrected chi connectivity index (χ1v) is 4.40. The van der Waals surface area contributed by atoms with Crippen LogP contribution in [0.1, 0.15) is 31.3 Å². The van der Waals surface area contributed by atoms with E-state index in [0.717, 1.165) is 12.5 Å². The van der Waals surface area contributed by atoms with E-state index in [1.807, 2.05) is 0 Å². The molecular formula is C11H16N2O2. The molecule has 2 atom stereocenters. The summed E-state index contributed by atoms with van der Waals surface area (Å²) in [5.74, 6) is -4.97. The number of aromatic nitrogens is 2. The molecule has 0 saturated carbocycles. The van der Waals surface area contributed by atoms with Crippen LogP contribution in [0.4, 0.5) is 0 Å². The summed E-state index contributed by atoms with van der Waals surface area (Å²) in [6.07, 6.45) is -1.49. The minimum atomic E-state index is -2.71. The summed E-state index contributed by atoms with van der Waals surface area (Å²) in [6, 6.07) is 0. The molecule has 1 fully saturated rings. The average Bonchev–Trinajstić information content (AvgIpc) is 2.94. The maximum Gasteiger partial charge on any atom is 0.309 e. The van der Waals surface area contributed by atoms with Gasteiger partial charge in [0.2, 0.25) is 0 Å². The molecule has 4 heteroatoms. The van der Waals surface area contributed by atoms with Crippen molar-refractivity contribution in [1.82, 2.24) is 9.55 Å². The quantitative estimate of drug-likeness (QED) is 0.714. The van der Waals surface area contributed by atoms with Crippen molar-refractivity contribution in [1.29, 1.82) is 0 Å². The van der Waals surface area contributed by atoms with E-state index in [2.05, 4.69) is 4.98 Å². The number of hydrogen-bond acceptors (Lipinski definition) is 3. The highest BCUT2D eigenvalue weighted by molar-refractivity contribution is 5.74. The van der Waals surface area contributed by atoms with Gasteiger partial charge in [-0.3, -0.25) is 4.79 Å². The number of imidazole rings is 1. The first-order chi connectivity index (χ1) is 10.7. The molecular weight excluding hydrogens is 192 g/mol. The molecule has 0 aromatic carbocycles. The zero-order valence-corrected chi connectivity index (χ0v) is 7.86. The Kier molecular flexibility index (Phi) is 1.06. The van der Waals surface area contributed by atoms with Gasteiger partial charge in [0.05, 0.1) is 18.8 Å². The van der Waals surface area contributed by atoms with E-state index >= 15 is 0 Å². The minimum absolute atomic E-state index is 0.368. The smallest absolute Gasteiger partial charge is 0.309 e. The fraction of sp³-hybridized carbons (Fsp3) is 0.636. The van der Waals surface area contributed by atoms with Crippen molar-refractivity contribution < 1.29 is 21.9 Å². The van der Waals surface area contributed by atoms with E-state index in [-0.39, 0.29) is 5.69 Å². The van der Waals surface area contributed by atoms with Crippen molar-refractivity contribution in [3.63, 3.8) is 0 Å². The molecule has 1 saturated heterocycles. The van der Waals surface area contributed by atoms with Gasteiger partial charge in [-0.2, -0.15) is 0 Å². The van der Waals surface area contributed by atoms with Gasteiger partial charge in [-0.1, -0.05) is 6.85 Å². The number of carbonyl (C=O) groups is 1. The van der Waals surface area contributed by atoms with Gasteiger partial charge in [-0.15, -0.1) is 0 Å². The molecule has 2 rings (SSSR count). The van der Waals surface area contributed by atoms with Gasteiger partial charge in [0.1, 0.15) is 0 Å². The van der Waals surface area contributed by atoms with Crippen molar-refractivity contribution in [2.24, 2.45) is 18.8 Å². The van der Waals surface area contributed by atoms with Crippen LogP contribution in [0.5, 0.6) is 0 Å². The first-order valence-electron chi connectivity index (χ1n) is 8.90. The molecule has 1 aromatic rings. The Bertz CT molecular complexity index is 636. The van der Waals surface area contributed by atoms with E-state index in [1.165, 1.54) is 0 Å². The number of carbonyl (C=O) groups excluding carboxylic acids is 1. The van der Waals surface area contributed by atoms with Gasteiger partial charge in [0.25, 0.3) is 0 Å². The van der Waals surface area contributed by atoms with E-state index in [9.17, 15) is 4.79 Å². The Morgan fingerprint density at radius 2 is 2.87 bits per heavy atom. The highest BCUT2D eigenvalue weighted by Crippen LogP contribution is 2.27. The predicted octanol–water partition coefficient (Wildman–Crippen LogP) is 1.16. The number of rotatable bonds is 3.